The van der Waals surface area contributed by atoms with Gasteiger partial charge in [-0.1, -0.05) is 0 Å². The largest absolute Gasteiger partial charge is 0.388 e. The van der Waals surface area contributed by atoms with Gasteiger partial charge in [0, 0.05) is 25.8 Å². The summed E-state index contributed by atoms with van der Waals surface area (Å²) in [7, 11) is 0. The van der Waals surface area contributed by atoms with Gasteiger partial charge >= 0.3 is 0 Å². The molecule has 1 aromatic rings. The highest BCUT2D eigenvalue weighted by Crippen LogP contribution is 2.25. The summed E-state index contributed by atoms with van der Waals surface area (Å²) in [5.41, 5.74) is 1.87. The van der Waals surface area contributed by atoms with Crippen LogP contribution < -0.4 is 16.2 Å². The van der Waals surface area contributed by atoms with E-state index in [9.17, 15) is 5.11 Å². The van der Waals surface area contributed by atoms with E-state index in [4.69, 9.17) is 10.6 Å². The minimum Gasteiger partial charge on any atom is -0.388 e. The van der Waals surface area contributed by atoms with E-state index in [0.717, 1.165) is 25.2 Å². The number of nitrogens with zero attached hydrogens (tertiary/aromatic N) is 3. The number of hydrogen-bond donors (Lipinski definition) is 3. The number of aliphatic hydroxyl groups is 1. The fraction of sp³-hybridized carbons (Fsp3) is 0.692. The summed E-state index contributed by atoms with van der Waals surface area (Å²) in [6, 6.07) is 1.79. The van der Waals surface area contributed by atoms with Gasteiger partial charge < -0.3 is 20.2 Å². The summed E-state index contributed by atoms with van der Waals surface area (Å²) in [6.45, 7) is 6.16. The summed E-state index contributed by atoms with van der Waals surface area (Å²) in [5, 5.41) is 10.2. The number of rotatable bonds is 5. The SMILES string of the molecule is CCOCc1nc(NN)cc(N2CCCC(C)(O)C2)n1. The Bertz CT molecular complexity index is 452. The molecule has 0 amide bonds. The highest BCUT2D eigenvalue weighted by Gasteiger charge is 2.29. The zero-order valence-electron chi connectivity index (χ0n) is 12.1. The molecular formula is C13H23N5O2. The third kappa shape index (κ3) is 3.78. The van der Waals surface area contributed by atoms with Gasteiger partial charge in [0.25, 0.3) is 0 Å². The predicted octanol–water partition coefficient (Wildman–Crippen LogP) is 0.650. The van der Waals surface area contributed by atoms with E-state index in [-0.39, 0.29) is 0 Å². The zero-order chi connectivity index (χ0) is 14.6. The molecule has 7 nitrogen and oxygen atoms in total. The standard InChI is InChI=1S/C13H23N5O2/c1-3-20-8-11-15-10(17-14)7-12(16-11)18-6-4-5-13(2,19)9-18/h7,19H,3-6,8-9,14H2,1-2H3,(H,15,16,17). The van der Waals surface area contributed by atoms with Crippen molar-refractivity contribution in [3.05, 3.63) is 11.9 Å². The van der Waals surface area contributed by atoms with Crippen LogP contribution in [0.2, 0.25) is 0 Å². The topological polar surface area (TPSA) is 96.5 Å². The van der Waals surface area contributed by atoms with Crippen LogP contribution in [-0.4, -0.2) is 40.4 Å². The molecule has 4 N–H and O–H groups in total. The number of β-amino-alcohol motifs (C(OH)–C–C–N with tert-alkyl or cyclic N) is 1. The van der Waals surface area contributed by atoms with Gasteiger partial charge in [-0.3, -0.25) is 0 Å². The molecular weight excluding hydrogens is 258 g/mol. The van der Waals surface area contributed by atoms with Crippen LogP contribution in [0, 0.1) is 0 Å². The van der Waals surface area contributed by atoms with Gasteiger partial charge in [0.05, 0.1) is 5.60 Å². The molecule has 0 aliphatic carbocycles. The fourth-order valence-electron chi connectivity index (χ4n) is 2.39. The van der Waals surface area contributed by atoms with Gasteiger partial charge in [0.15, 0.2) is 5.82 Å². The molecule has 1 saturated heterocycles. The van der Waals surface area contributed by atoms with Crippen LogP contribution in [0.15, 0.2) is 6.07 Å². The van der Waals surface area contributed by atoms with E-state index < -0.39 is 5.60 Å². The number of nitrogens with two attached hydrogens (primary N) is 1. The van der Waals surface area contributed by atoms with Crippen LogP contribution >= 0.6 is 0 Å². The average Bonchev–Trinajstić information content (AvgIpc) is 2.43. The number of hydrogen-bond acceptors (Lipinski definition) is 7. The van der Waals surface area contributed by atoms with Crippen molar-refractivity contribution in [3.63, 3.8) is 0 Å². The maximum Gasteiger partial charge on any atom is 0.158 e. The van der Waals surface area contributed by atoms with Crippen LogP contribution in [0.4, 0.5) is 11.6 Å². The van der Waals surface area contributed by atoms with Crippen LogP contribution in [0.1, 0.15) is 32.5 Å². The van der Waals surface area contributed by atoms with Crippen molar-refractivity contribution in [3.8, 4) is 0 Å². The van der Waals surface area contributed by atoms with Crippen LogP contribution in [0.3, 0.4) is 0 Å². The second kappa shape index (κ2) is 6.34. The molecule has 7 heteroatoms. The lowest BCUT2D eigenvalue weighted by Crippen LogP contribution is -2.46. The van der Waals surface area contributed by atoms with Crippen molar-refractivity contribution in [1.29, 1.82) is 0 Å². The Morgan fingerprint density at radius 3 is 3.00 bits per heavy atom. The molecule has 0 spiro atoms. The molecule has 1 unspecified atom stereocenters. The van der Waals surface area contributed by atoms with Gasteiger partial charge in [-0.05, 0) is 26.7 Å². The molecule has 1 aliphatic rings. The average molecular weight is 281 g/mol. The minimum atomic E-state index is -0.681. The number of anilines is 2. The van der Waals surface area contributed by atoms with Gasteiger partial charge in [0.2, 0.25) is 0 Å². The van der Waals surface area contributed by atoms with E-state index in [0.29, 0.717) is 31.4 Å². The van der Waals surface area contributed by atoms with Crippen LogP contribution in [0.25, 0.3) is 0 Å². The van der Waals surface area contributed by atoms with Crippen molar-refractivity contribution in [1.82, 2.24) is 9.97 Å². The summed E-state index contributed by atoms with van der Waals surface area (Å²) >= 11 is 0. The minimum absolute atomic E-state index is 0.350. The molecule has 1 aromatic heterocycles. The number of ether oxygens (including phenoxy) is 1. The van der Waals surface area contributed by atoms with Crippen LogP contribution in [0.5, 0.6) is 0 Å². The molecule has 112 valence electrons. The number of aromatic nitrogens is 2. The molecule has 1 fully saturated rings. The van der Waals surface area contributed by atoms with Gasteiger partial charge in [-0.2, -0.15) is 0 Å². The van der Waals surface area contributed by atoms with E-state index in [2.05, 4.69) is 20.3 Å². The number of piperidine rings is 1. The Morgan fingerprint density at radius 1 is 1.55 bits per heavy atom. The lowest BCUT2D eigenvalue weighted by molar-refractivity contribution is 0.0446. The third-order valence-electron chi connectivity index (χ3n) is 3.34. The Morgan fingerprint density at radius 2 is 2.35 bits per heavy atom. The summed E-state index contributed by atoms with van der Waals surface area (Å²) < 4.78 is 5.34. The van der Waals surface area contributed by atoms with E-state index >= 15 is 0 Å². The molecule has 0 aromatic carbocycles. The van der Waals surface area contributed by atoms with Gasteiger partial charge in [-0.25, -0.2) is 15.8 Å². The zero-order valence-corrected chi connectivity index (χ0v) is 12.1. The lowest BCUT2D eigenvalue weighted by Gasteiger charge is -2.37. The number of nitrogen functional groups attached to an aromatic ring is 1. The summed E-state index contributed by atoms with van der Waals surface area (Å²) in [5.74, 6) is 7.35. The molecule has 1 atom stereocenters. The number of nitrogens with one attached hydrogen (secondary N) is 1. The highest BCUT2D eigenvalue weighted by atomic mass is 16.5. The first-order valence-electron chi connectivity index (χ1n) is 6.94. The van der Waals surface area contributed by atoms with Crippen molar-refractivity contribution in [2.45, 2.75) is 38.9 Å². The quantitative estimate of drug-likeness (QED) is 0.538. The van der Waals surface area contributed by atoms with E-state index in [1.165, 1.54) is 0 Å². The number of hydrazine groups is 1. The van der Waals surface area contributed by atoms with Crippen molar-refractivity contribution < 1.29 is 9.84 Å². The third-order valence-corrected chi connectivity index (χ3v) is 3.34. The molecule has 2 rings (SSSR count). The van der Waals surface area contributed by atoms with Gasteiger partial charge in [-0.15, -0.1) is 0 Å². The first-order chi connectivity index (χ1) is 9.54. The first kappa shape index (κ1) is 15.0. The second-order valence-corrected chi connectivity index (χ2v) is 5.33. The first-order valence-corrected chi connectivity index (χ1v) is 6.94. The lowest BCUT2D eigenvalue weighted by atomic mass is 9.95. The van der Waals surface area contributed by atoms with Crippen LogP contribution in [-0.2, 0) is 11.3 Å². The Labute approximate surface area is 119 Å². The monoisotopic (exact) mass is 281 g/mol. The summed E-state index contributed by atoms with van der Waals surface area (Å²) in [6.07, 6.45) is 1.74. The Balaban J connectivity index is 2.21. The Kier molecular flexibility index (Phi) is 4.74. The Hall–Kier alpha value is -1.44. The molecule has 20 heavy (non-hydrogen) atoms. The molecule has 1 aliphatic heterocycles. The summed E-state index contributed by atoms with van der Waals surface area (Å²) in [4.78, 5) is 10.8. The van der Waals surface area contributed by atoms with E-state index in [1.54, 1.807) is 6.07 Å². The van der Waals surface area contributed by atoms with E-state index in [1.807, 2.05) is 13.8 Å². The van der Waals surface area contributed by atoms with Gasteiger partial charge in [0.1, 0.15) is 18.2 Å². The molecule has 0 radical (unpaired) electrons. The smallest absolute Gasteiger partial charge is 0.158 e. The van der Waals surface area contributed by atoms with Crippen molar-refractivity contribution in [2.24, 2.45) is 5.84 Å². The molecule has 0 bridgehead atoms. The normalized spacial score (nSPS) is 22.9. The highest BCUT2D eigenvalue weighted by molar-refractivity contribution is 5.49. The van der Waals surface area contributed by atoms with Crippen molar-refractivity contribution in [2.75, 3.05) is 30.0 Å². The maximum absolute atomic E-state index is 10.2. The maximum atomic E-state index is 10.2. The fourth-order valence-corrected chi connectivity index (χ4v) is 2.39. The molecule has 2 heterocycles. The predicted molar refractivity (Wildman–Crippen MR) is 77.2 cm³/mol. The molecule has 0 saturated carbocycles. The van der Waals surface area contributed by atoms with Crippen molar-refractivity contribution >= 4 is 11.6 Å². The second-order valence-electron chi connectivity index (χ2n) is 5.33.